The van der Waals surface area contributed by atoms with Gasteiger partial charge < -0.3 is 0 Å². The van der Waals surface area contributed by atoms with Crippen LogP contribution in [0.1, 0.15) is 0 Å². The molecule has 0 aliphatic heterocycles. The highest BCUT2D eigenvalue weighted by atomic mass is 14.9. The third-order valence-electron chi connectivity index (χ3n) is 9.44. The highest BCUT2D eigenvalue weighted by Crippen LogP contribution is 2.42. The predicted octanol–water partition coefficient (Wildman–Crippen LogP) is 10.6. The Morgan fingerprint density at radius 2 is 1.02 bits per heavy atom. The first-order valence-corrected chi connectivity index (χ1v) is 16.0. The molecule has 0 bridgehead atoms. The second-order valence-electron chi connectivity index (χ2n) is 12.1. The second kappa shape index (κ2) is 10.5. The van der Waals surface area contributed by atoms with Crippen molar-refractivity contribution in [1.82, 2.24) is 24.9 Å². The largest absolute Gasteiger partial charge is 0.254 e. The van der Waals surface area contributed by atoms with E-state index < -0.39 is 0 Å². The van der Waals surface area contributed by atoms with E-state index in [0.717, 1.165) is 60.7 Å². The number of hydrogen-bond acceptors (Lipinski definition) is 5. The number of pyridine rings is 3. The van der Waals surface area contributed by atoms with Gasteiger partial charge in [-0.05, 0) is 45.3 Å². The van der Waals surface area contributed by atoms with Crippen molar-refractivity contribution in [2.75, 3.05) is 0 Å². The van der Waals surface area contributed by atoms with Crippen LogP contribution in [0.25, 0.3) is 98.8 Å². The molecule has 222 valence electrons. The van der Waals surface area contributed by atoms with E-state index in [9.17, 15) is 0 Å². The molecule has 48 heavy (non-hydrogen) atoms. The molecular weight excluding hydrogens is 587 g/mol. The van der Waals surface area contributed by atoms with Gasteiger partial charge in [-0.3, -0.25) is 9.97 Å². The molecule has 0 fully saturated rings. The average Bonchev–Trinajstić information content (AvgIpc) is 3.17. The predicted molar refractivity (Wildman–Crippen MR) is 197 cm³/mol. The molecule has 0 spiro atoms. The number of fused-ring (bicyclic) bond motifs is 11. The molecule has 0 saturated carbocycles. The van der Waals surface area contributed by atoms with Crippen LogP contribution in [0.4, 0.5) is 0 Å². The van der Waals surface area contributed by atoms with Gasteiger partial charge in [-0.1, -0.05) is 109 Å². The second-order valence-corrected chi connectivity index (χ2v) is 12.1. The zero-order chi connectivity index (χ0) is 31.6. The lowest BCUT2D eigenvalue weighted by molar-refractivity contribution is 1.18. The fraction of sp³-hybridized carbons (Fsp3) is 0. The van der Waals surface area contributed by atoms with Crippen molar-refractivity contribution in [3.05, 3.63) is 152 Å². The molecule has 5 heteroatoms. The highest BCUT2D eigenvalue weighted by molar-refractivity contribution is 6.33. The van der Waals surface area contributed by atoms with E-state index >= 15 is 0 Å². The fourth-order valence-corrected chi connectivity index (χ4v) is 7.23. The molecule has 10 aromatic rings. The van der Waals surface area contributed by atoms with Crippen molar-refractivity contribution in [2.24, 2.45) is 0 Å². The maximum Gasteiger partial charge on any atom is 0.159 e. The van der Waals surface area contributed by atoms with Crippen molar-refractivity contribution in [1.29, 1.82) is 0 Å². The SMILES string of the molecule is c1cnc2c(c1)ccc1c(-c3cnc(-c4ccc(-c5nc6ccccc6c6c7ccccc7c7ccccc7c56)cc4)nc3)ccnc12. The maximum absolute atomic E-state index is 5.28. The van der Waals surface area contributed by atoms with Crippen LogP contribution in [0.15, 0.2) is 152 Å². The normalized spacial score (nSPS) is 11.8. The molecule has 6 aromatic carbocycles. The van der Waals surface area contributed by atoms with E-state index in [0.29, 0.717) is 5.82 Å². The Morgan fingerprint density at radius 1 is 0.375 bits per heavy atom. The van der Waals surface area contributed by atoms with Crippen molar-refractivity contribution in [3.8, 4) is 33.8 Å². The third kappa shape index (κ3) is 4.01. The van der Waals surface area contributed by atoms with Crippen LogP contribution in [-0.2, 0) is 0 Å². The van der Waals surface area contributed by atoms with Gasteiger partial charge in [-0.2, -0.15) is 0 Å². The van der Waals surface area contributed by atoms with Gasteiger partial charge in [-0.25, -0.2) is 15.0 Å². The summed E-state index contributed by atoms with van der Waals surface area (Å²) in [7, 11) is 0. The Labute approximate surface area is 275 Å². The Morgan fingerprint density at radius 3 is 1.79 bits per heavy atom. The maximum atomic E-state index is 5.28. The lowest BCUT2D eigenvalue weighted by Gasteiger charge is -2.16. The number of para-hydroxylation sites is 1. The molecule has 0 saturated heterocycles. The van der Waals surface area contributed by atoms with Crippen LogP contribution >= 0.6 is 0 Å². The van der Waals surface area contributed by atoms with Crippen molar-refractivity contribution >= 4 is 65.0 Å². The van der Waals surface area contributed by atoms with Crippen LogP contribution in [0.5, 0.6) is 0 Å². The van der Waals surface area contributed by atoms with E-state index in [1.807, 2.05) is 36.9 Å². The number of hydrogen-bond donors (Lipinski definition) is 0. The zero-order valence-corrected chi connectivity index (χ0v) is 25.7. The number of benzene rings is 6. The monoisotopic (exact) mass is 611 g/mol. The van der Waals surface area contributed by atoms with E-state index in [-0.39, 0.29) is 0 Å². The molecule has 0 aliphatic carbocycles. The summed E-state index contributed by atoms with van der Waals surface area (Å²) in [6, 6.07) is 44.5. The lowest BCUT2D eigenvalue weighted by Crippen LogP contribution is -1.94. The van der Waals surface area contributed by atoms with Gasteiger partial charge in [0.15, 0.2) is 5.82 Å². The van der Waals surface area contributed by atoms with E-state index in [1.165, 1.54) is 32.3 Å². The minimum absolute atomic E-state index is 0.670. The van der Waals surface area contributed by atoms with Crippen molar-refractivity contribution in [3.63, 3.8) is 0 Å². The van der Waals surface area contributed by atoms with Gasteiger partial charge in [0.2, 0.25) is 0 Å². The summed E-state index contributed by atoms with van der Waals surface area (Å²) in [4.78, 5) is 24.1. The zero-order valence-electron chi connectivity index (χ0n) is 25.7. The summed E-state index contributed by atoms with van der Waals surface area (Å²) >= 11 is 0. The van der Waals surface area contributed by atoms with Crippen LogP contribution in [0.3, 0.4) is 0 Å². The third-order valence-corrected chi connectivity index (χ3v) is 9.44. The topological polar surface area (TPSA) is 64.5 Å². The first kappa shape index (κ1) is 26.6. The average molecular weight is 612 g/mol. The Kier molecular flexibility index (Phi) is 5.81. The van der Waals surface area contributed by atoms with Gasteiger partial charge >= 0.3 is 0 Å². The van der Waals surface area contributed by atoms with E-state index in [4.69, 9.17) is 15.0 Å². The first-order chi connectivity index (χ1) is 23.8. The van der Waals surface area contributed by atoms with Gasteiger partial charge in [0.05, 0.1) is 22.2 Å². The molecular formula is C43H25N5. The number of rotatable bonds is 3. The van der Waals surface area contributed by atoms with Gasteiger partial charge in [0.1, 0.15) is 0 Å². The van der Waals surface area contributed by atoms with E-state index in [2.05, 4.69) is 125 Å². The molecule has 0 aliphatic rings. The van der Waals surface area contributed by atoms with Crippen molar-refractivity contribution in [2.45, 2.75) is 0 Å². The highest BCUT2D eigenvalue weighted by Gasteiger charge is 2.17. The summed E-state index contributed by atoms with van der Waals surface area (Å²) in [5.74, 6) is 0.670. The summed E-state index contributed by atoms with van der Waals surface area (Å²) in [5.41, 5.74) is 7.68. The molecule has 5 nitrogen and oxygen atoms in total. The minimum atomic E-state index is 0.670. The van der Waals surface area contributed by atoms with Crippen LogP contribution in [0, 0.1) is 0 Å². The van der Waals surface area contributed by atoms with Crippen LogP contribution in [-0.4, -0.2) is 24.9 Å². The molecule has 0 atom stereocenters. The standard InChI is InChI=1S/C43H25N5/c1-3-11-33-31(9-1)32-10-2-4-12-34(32)39-38(33)36-13-5-6-14-37(36)48-40(39)27-15-17-28(18-16-27)43-46-24-29(25-47-43)30-21-23-45-42-35(30)20-19-26-8-7-22-44-41(26)42/h1-25H. The lowest BCUT2D eigenvalue weighted by atomic mass is 9.90. The molecule has 0 unspecified atom stereocenters. The smallest absolute Gasteiger partial charge is 0.159 e. The van der Waals surface area contributed by atoms with Crippen LogP contribution < -0.4 is 0 Å². The van der Waals surface area contributed by atoms with Crippen molar-refractivity contribution < 1.29 is 0 Å². The number of aromatic nitrogens is 5. The van der Waals surface area contributed by atoms with Gasteiger partial charge in [0.25, 0.3) is 0 Å². The molecule has 4 aromatic heterocycles. The Balaban J connectivity index is 1.09. The van der Waals surface area contributed by atoms with Gasteiger partial charge in [0, 0.05) is 68.4 Å². The molecule has 0 radical (unpaired) electrons. The fourth-order valence-electron chi connectivity index (χ4n) is 7.23. The van der Waals surface area contributed by atoms with Crippen LogP contribution in [0.2, 0.25) is 0 Å². The summed E-state index contributed by atoms with van der Waals surface area (Å²) < 4.78 is 0. The summed E-state index contributed by atoms with van der Waals surface area (Å²) in [6.45, 7) is 0. The molecule has 0 N–H and O–H groups in total. The minimum Gasteiger partial charge on any atom is -0.254 e. The van der Waals surface area contributed by atoms with Gasteiger partial charge in [-0.15, -0.1) is 0 Å². The number of nitrogens with zero attached hydrogens (tertiary/aromatic N) is 5. The quantitative estimate of drug-likeness (QED) is 0.186. The molecule has 4 heterocycles. The first-order valence-electron chi connectivity index (χ1n) is 16.0. The summed E-state index contributed by atoms with van der Waals surface area (Å²) in [6.07, 6.45) is 7.42. The molecule has 10 rings (SSSR count). The summed E-state index contributed by atoms with van der Waals surface area (Å²) in [5, 5.41) is 10.6. The Hall–Kier alpha value is -6.59. The molecule has 0 amide bonds. The van der Waals surface area contributed by atoms with E-state index in [1.54, 1.807) is 0 Å². The Bertz CT molecular complexity index is 2880.